The van der Waals surface area contributed by atoms with Crippen LogP contribution < -0.4 is 5.73 Å². The molecule has 0 amide bonds. The van der Waals surface area contributed by atoms with Crippen LogP contribution in [0.3, 0.4) is 0 Å². The molecule has 0 saturated carbocycles. The Morgan fingerprint density at radius 3 is 2.80 bits per heavy atom. The number of methoxy groups -OCH3 is 1. The fraction of sp³-hybridized carbons (Fsp3) is 0.500. The highest BCUT2D eigenvalue weighted by molar-refractivity contribution is 5.83. The van der Waals surface area contributed by atoms with Crippen molar-refractivity contribution >= 4 is 10.9 Å². The standard InChI is InChI=1S/C16H24N2O2/c1-13(17)12-14-4-3-5-16-15(14)6-7-18(16)8-9-20-11-10-19-2/h3-7,13H,8-12,17H2,1-2H3. The maximum Gasteiger partial charge on any atom is 0.0701 e. The van der Waals surface area contributed by atoms with Crippen molar-refractivity contribution in [2.24, 2.45) is 5.73 Å². The third-order valence-electron chi connectivity index (χ3n) is 3.35. The van der Waals surface area contributed by atoms with Crippen molar-refractivity contribution in [2.45, 2.75) is 25.9 Å². The molecule has 4 nitrogen and oxygen atoms in total. The Morgan fingerprint density at radius 2 is 2.05 bits per heavy atom. The third kappa shape index (κ3) is 3.82. The van der Waals surface area contributed by atoms with Gasteiger partial charge in [0.05, 0.1) is 19.8 Å². The Hall–Kier alpha value is -1.36. The summed E-state index contributed by atoms with van der Waals surface area (Å²) in [6.07, 6.45) is 3.03. The number of hydrogen-bond acceptors (Lipinski definition) is 3. The van der Waals surface area contributed by atoms with Crippen molar-refractivity contribution < 1.29 is 9.47 Å². The first-order chi connectivity index (χ1) is 9.72. The van der Waals surface area contributed by atoms with E-state index in [4.69, 9.17) is 15.2 Å². The predicted octanol–water partition coefficient (Wildman–Crippen LogP) is 2.19. The lowest BCUT2D eigenvalue weighted by molar-refractivity contribution is 0.0670. The number of ether oxygens (including phenoxy) is 2. The second-order valence-electron chi connectivity index (χ2n) is 5.15. The maximum absolute atomic E-state index is 5.91. The normalized spacial score (nSPS) is 12.9. The van der Waals surface area contributed by atoms with E-state index in [1.807, 2.05) is 6.92 Å². The van der Waals surface area contributed by atoms with Gasteiger partial charge in [-0.15, -0.1) is 0 Å². The van der Waals surface area contributed by atoms with Crippen LogP contribution in [-0.2, 0) is 22.4 Å². The molecule has 1 unspecified atom stereocenters. The van der Waals surface area contributed by atoms with Gasteiger partial charge in [0.1, 0.15) is 0 Å². The molecule has 0 aliphatic carbocycles. The molecule has 4 heteroatoms. The van der Waals surface area contributed by atoms with E-state index in [-0.39, 0.29) is 6.04 Å². The van der Waals surface area contributed by atoms with Gasteiger partial charge in [-0.1, -0.05) is 12.1 Å². The van der Waals surface area contributed by atoms with Gasteiger partial charge in [-0.05, 0) is 31.0 Å². The average Bonchev–Trinajstić information content (AvgIpc) is 2.82. The van der Waals surface area contributed by atoms with Gasteiger partial charge in [-0.25, -0.2) is 0 Å². The van der Waals surface area contributed by atoms with Crippen LogP contribution in [0.2, 0.25) is 0 Å². The van der Waals surface area contributed by atoms with Crippen LogP contribution in [0.25, 0.3) is 10.9 Å². The first-order valence-electron chi connectivity index (χ1n) is 7.11. The fourth-order valence-corrected chi connectivity index (χ4v) is 2.41. The first-order valence-corrected chi connectivity index (χ1v) is 7.11. The molecule has 2 N–H and O–H groups in total. The molecule has 0 spiro atoms. The molecule has 0 saturated heterocycles. The van der Waals surface area contributed by atoms with Crippen LogP contribution >= 0.6 is 0 Å². The number of nitrogens with two attached hydrogens (primary N) is 1. The van der Waals surface area contributed by atoms with Gasteiger partial charge < -0.3 is 19.8 Å². The van der Waals surface area contributed by atoms with Gasteiger partial charge in [0, 0.05) is 36.8 Å². The Balaban J connectivity index is 2.04. The van der Waals surface area contributed by atoms with Crippen LogP contribution in [-0.4, -0.2) is 37.5 Å². The molecule has 0 aliphatic heterocycles. The van der Waals surface area contributed by atoms with E-state index in [1.54, 1.807) is 7.11 Å². The van der Waals surface area contributed by atoms with E-state index in [9.17, 15) is 0 Å². The fourth-order valence-electron chi connectivity index (χ4n) is 2.41. The number of rotatable bonds is 8. The topological polar surface area (TPSA) is 49.4 Å². The Kier molecular flexibility index (Phi) is 5.59. The molecule has 2 rings (SSSR count). The molecule has 0 bridgehead atoms. The molecular formula is C16H24N2O2. The zero-order valence-corrected chi connectivity index (χ0v) is 12.3. The van der Waals surface area contributed by atoms with E-state index >= 15 is 0 Å². The number of aromatic nitrogens is 1. The van der Waals surface area contributed by atoms with Crippen LogP contribution in [0.15, 0.2) is 30.5 Å². The average molecular weight is 276 g/mol. The monoisotopic (exact) mass is 276 g/mol. The molecule has 0 fully saturated rings. The summed E-state index contributed by atoms with van der Waals surface area (Å²) in [5.41, 5.74) is 8.48. The minimum atomic E-state index is 0.182. The van der Waals surface area contributed by atoms with Crippen molar-refractivity contribution in [3.63, 3.8) is 0 Å². The molecular weight excluding hydrogens is 252 g/mol. The summed E-state index contributed by atoms with van der Waals surface area (Å²) >= 11 is 0. The Bertz CT molecular complexity index is 534. The number of nitrogens with zero attached hydrogens (tertiary/aromatic N) is 1. The van der Waals surface area contributed by atoms with E-state index in [0.717, 1.165) is 13.0 Å². The molecule has 1 aromatic heterocycles. The first kappa shape index (κ1) is 15.0. The summed E-state index contributed by atoms with van der Waals surface area (Å²) in [6, 6.07) is 8.76. The van der Waals surface area contributed by atoms with Gasteiger partial charge in [0.2, 0.25) is 0 Å². The maximum atomic E-state index is 5.91. The molecule has 20 heavy (non-hydrogen) atoms. The molecule has 1 atom stereocenters. The lowest BCUT2D eigenvalue weighted by atomic mass is 10.0. The summed E-state index contributed by atoms with van der Waals surface area (Å²) in [4.78, 5) is 0. The van der Waals surface area contributed by atoms with Gasteiger partial charge in [0.25, 0.3) is 0 Å². The minimum Gasteiger partial charge on any atom is -0.382 e. The van der Waals surface area contributed by atoms with Gasteiger partial charge in [-0.3, -0.25) is 0 Å². The van der Waals surface area contributed by atoms with Crippen LogP contribution in [0.4, 0.5) is 0 Å². The van der Waals surface area contributed by atoms with Crippen molar-refractivity contribution in [3.05, 3.63) is 36.0 Å². The van der Waals surface area contributed by atoms with Crippen molar-refractivity contribution in [1.29, 1.82) is 0 Å². The lowest BCUT2D eigenvalue weighted by Gasteiger charge is -2.09. The van der Waals surface area contributed by atoms with Crippen molar-refractivity contribution in [2.75, 3.05) is 26.9 Å². The van der Waals surface area contributed by atoms with Gasteiger partial charge in [0.15, 0.2) is 0 Å². The van der Waals surface area contributed by atoms with E-state index in [1.165, 1.54) is 16.5 Å². The van der Waals surface area contributed by atoms with Crippen LogP contribution in [0.5, 0.6) is 0 Å². The van der Waals surface area contributed by atoms with Crippen molar-refractivity contribution in [3.8, 4) is 0 Å². The van der Waals surface area contributed by atoms with Crippen LogP contribution in [0, 0.1) is 0 Å². The second-order valence-corrected chi connectivity index (χ2v) is 5.15. The molecule has 110 valence electrons. The number of benzene rings is 1. The largest absolute Gasteiger partial charge is 0.382 e. The van der Waals surface area contributed by atoms with E-state index in [0.29, 0.717) is 19.8 Å². The highest BCUT2D eigenvalue weighted by Gasteiger charge is 2.07. The highest BCUT2D eigenvalue weighted by Crippen LogP contribution is 2.21. The van der Waals surface area contributed by atoms with Gasteiger partial charge in [-0.2, -0.15) is 0 Å². The minimum absolute atomic E-state index is 0.182. The molecule has 1 heterocycles. The van der Waals surface area contributed by atoms with Crippen LogP contribution in [0.1, 0.15) is 12.5 Å². The van der Waals surface area contributed by atoms with E-state index in [2.05, 4.69) is 35.0 Å². The Morgan fingerprint density at radius 1 is 1.20 bits per heavy atom. The SMILES string of the molecule is COCCOCCn1ccc2c(CC(C)N)cccc21. The summed E-state index contributed by atoms with van der Waals surface area (Å²) in [6.45, 7) is 4.88. The zero-order valence-electron chi connectivity index (χ0n) is 12.3. The Labute approximate surface area is 120 Å². The number of hydrogen-bond donors (Lipinski definition) is 1. The highest BCUT2D eigenvalue weighted by atomic mass is 16.5. The third-order valence-corrected chi connectivity index (χ3v) is 3.35. The number of fused-ring (bicyclic) bond motifs is 1. The van der Waals surface area contributed by atoms with Crippen molar-refractivity contribution in [1.82, 2.24) is 4.57 Å². The molecule has 2 aromatic rings. The summed E-state index contributed by atoms with van der Waals surface area (Å²) in [5, 5.41) is 1.29. The van der Waals surface area contributed by atoms with E-state index < -0.39 is 0 Å². The molecule has 0 radical (unpaired) electrons. The van der Waals surface area contributed by atoms with Gasteiger partial charge >= 0.3 is 0 Å². The quantitative estimate of drug-likeness (QED) is 0.752. The smallest absolute Gasteiger partial charge is 0.0701 e. The summed E-state index contributed by atoms with van der Waals surface area (Å²) in [5.74, 6) is 0. The second kappa shape index (κ2) is 7.43. The molecule has 1 aromatic carbocycles. The summed E-state index contributed by atoms with van der Waals surface area (Å²) < 4.78 is 12.7. The zero-order chi connectivity index (χ0) is 14.4. The lowest BCUT2D eigenvalue weighted by Crippen LogP contribution is -2.17. The summed E-state index contributed by atoms with van der Waals surface area (Å²) in [7, 11) is 1.68. The predicted molar refractivity (Wildman–Crippen MR) is 82.0 cm³/mol. The molecule has 0 aliphatic rings.